The number of hydrogen-bond donors (Lipinski definition) is 1. The second-order valence-electron chi connectivity index (χ2n) is 7.66. The van der Waals surface area contributed by atoms with Gasteiger partial charge in [0.1, 0.15) is 5.69 Å². The molecule has 1 aliphatic rings. The zero-order valence-corrected chi connectivity index (χ0v) is 16.8. The van der Waals surface area contributed by atoms with Crippen LogP contribution in [0.2, 0.25) is 0 Å². The molecule has 1 aromatic heterocycles. The molecule has 1 aliphatic carbocycles. The van der Waals surface area contributed by atoms with Gasteiger partial charge in [-0.2, -0.15) is 0 Å². The minimum absolute atomic E-state index is 0. The maximum Gasteiger partial charge on any atom is 0.113 e. The number of nitrogens with two attached hydrogens (primary N) is 1. The van der Waals surface area contributed by atoms with Gasteiger partial charge in [0.25, 0.3) is 0 Å². The van der Waals surface area contributed by atoms with Gasteiger partial charge in [0.15, 0.2) is 0 Å². The summed E-state index contributed by atoms with van der Waals surface area (Å²) in [6, 6.07) is 29.1. The Bertz CT molecular complexity index is 1080. The third-order valence-corrected chi connectivity index (χ3v) is 5.62. The number of aromatic nitrogens is 3. The van der Waals surface area contributed by atoms with Gasteiger partial charge in [0, 0.05) is 17.0 Å². The van der Waals surface area contributed by atoms with Gasteiger partial charge >= 0.3 is 0 Å². The van der Waals surface area contributed by atoms with Crippen molar-refractivity contribution >= 4 is 12.4 Å². The van der Waals surface area contributed by atoms with E-state index in [0.29, 0.717) is 5.92 Å². The summed E-state index contributed by atoms with van der Waals surface area (Å²) in [5, 5.41) is 8.57. The van der Waals surface area contributed by atoms with Crippen molar-refractivity contribution in [2.24, 2.45) is 5.73 Å². The van der Waals surface area contributed by atoms with Gasteiger partial charge < -0.3 is 5.73 Å². The molecule has 1 heterocycles. The number of rotatable bonds is 5. The van der Waals surface area contributed by atoms with Gasteiger partial charge in [-0.3, -0.25) is 0 Å². The summed E-state index contributed by atoms with van der Waals surface area (Å²) in [6.07, 6.45) is 3.91. The standard InChI is InChI=1S/C24H22N4.ClH/c25-24(15-18-7-3-1-4-8-18)16-22(24)19-11-13-21(14-12-19)28-17-23(26-27-28)20-9-5-2-6-10-20;/h1-14,17,22H,15-16,25H2;1H/t22-,24-;/m0./s1. The number of nitrogens with zero attached hydrogens (tertiary/aromatic N) is 3. The van der Waals surface area contributed by atoms with Crippen molar-refractivity contribution in [2.75, 3.05) is 0 Å². The van der Waals surface area contributed by atoms with E-state index in [1.807, 2.05) is 47.3 Å². The fourth-order valence-corrected chi connectivity index (χ4v) is 3.93. The van der Waals surface area contributed by atoms with Gasteiger partial charge in [-0.15, -0.1) is 17.5 Å². The van der Waals surface area contributed by atoms with Gasteiger partial charge in [0.2, 0.25) is 0 Å². The Balaban J connectivity index is 0.00000205. The molecule has 2 N–H and O–H groups in total. The van der Waals surface area contributed by atoms with Crippen molar-refractivity contribution in [3.63, 3.8) is 0 Å². The first-order valence-corrected chi connectivity index (χ1v) is 9.62. The van der Waals surface area contributed by atoms with Crippen molar-refractivity contribution in [3.8, 4) is 16.9 Å². The summed E-state index contributed by atoms with van der Waals surface area (Å²) < 4.78 is 1.82. The first-order valence-electron chi connectivity index (χ1n) is 9.62. The lowest BCUT2D eigenvalue weighted by Crippen LogP contribution is -2.27. The van der Waals surface area contributed by atoms with Crippen LogP contribution >= 0.6 is 12.4 Å². The van der Waals surface area contributed by atoms with Crippen LogP contribution in [0.1, 0.15) is 23.5 Å². The van der Waals surface area contributed by atoms with Crippen LogP contribution in [-0.4, -0.2) is 20.5 Å². The maximum absolute atomic E-state index is 6.64. The lowest BCUT2D eigenvalue weighted by atomic mass is 9.99. The largest absolute Gasteiger partial charge is 0.324 e. The van der Waals surface area contributed by atoms with E-state index in [1.54, 1.807) is 0 Å². The monoisotopic (exact) mass is 402 g/mol. The van der Waals surface area contributed by atoms with E-state index in [1.165, 1.54) is 11.1 Å². The van der Waals surface area contributed by atoms with Crippen molar-refractivity contribution in [1.82, 2.24) is 15.0 Å². The molecule has 2 atom stereocenters. The van der Waals surface area contributed by atoms with E-state index in [4.69, 9.17) is 5.73 Å². The average Bonchev–Trinajstić information content (AvgIpc) is 3.17. The second kappa shape index (κ2) is 7.82. The Morgan fingerprint density at radius 1 is 0.897 bits per heavy atom. The minimum atomic E-state index is -0.128. The molecule has 0 amide bonds. The second-order valence-corrected chi connectivity index (χ2v) is 7.66. The summed E-state index contributed by atoms with van der Waals surface area (Å²) in [5.41, 5.74) is 12.1. The molecule has 1 saturated carbocycles. The fourth-order valence-electron chi connectivity index (χ4n) is 3.93. The van der Waals surface area contributed by atoms with Gasteiger partial charge in [-0.05, 0) is 36.1 Å². The minimum Gasteiger partial charge on any atom is -0.324 e. The van der Waals surface area contributed by atoms with Crippen LogP contribution in [-0.2, 0) is 6.42 Å². The van der Waals surface area contributed by atoms with Crippen LogP contribution in [0.4, 0.5) is 0 Å². The number of halogens is 1. The normalized spacial score (nSPS) is 20.1. The quantitative estimate of drug-likeness (QED) is 0.522. The van der Waals surface area contributed by atoms with Crippen LogP contribution in [0, 0.1) is 0 Å². The lowest BCUT2D eigenvalue weighted by molar-refractivity contribution is 0.646. The third kappa shape index (κ3) is 3.95. The molecule has 1 fully saturated rings. The molecule has 3 aromatic carbocycles. The first-order chi connectivity index (χ1) is 13.7. The van der Waals surface area contributed by atoms with Crippen LogP contribution in [0.3, 0.4) is 0 Å². The molecule has 5 rings (SSSR count). The van der Waals surface area contributed by atoms with Crippen molar-refractivity contribution in [2.45, 2.75) is 24.3 Å². The molecule has 0 radical (unpaired) electrons. The molecule has 146 valence electrons. The maximum atomic E-state index is 6.64. The van der Waals surface area contributed by atoms with Gasteiger partial charge in [-0.1, -0.05) is 78.0 Å². The first kappa shape index (κ1) is 19.4. The summed E-state index contributed by atoms with van der Waals surface area (Å²) in [7, 11) is 0. The molecular weight excluding hydrogens is 380 g/mol. The molecule has 0 spiro atoms. The van der Waals surface area contributed by atoms with E-state index < -0.39 is 0 Å². The Labute approximate surface area is 176 Å². The highest BCUT2D eigenvalue weighted by atomic mass is 35.5. The van der Waals surface area contributed by atoms with Crippen LogP contribution in [0.15, 0.2) is 91.1 Å². The molecule has 4 aromatic rings. The Morgan fingerprint density at radius 2 is 1.55 bits per heavy atom. The van der Waals surface area contributed by atoms with Gasteiger partial charge in [0.05, 0.1) is 11.9 Å². The highest BCUT2D eigenvalue weighted by molar-refractivity contribution is 5.85. The average molecular weight is 403 g/mol. The van der Waals surface area contributed by atoms with E-state index in [2.05, 4.69) is 58.8 Å². The molecule has 0 saturated heterocycles. The Morgan fingerprint density at radius 3 is 2.24 bits per heavy atom. The SMILES string of the molecule is Cl.N[C@@]1(Cc2ccccc2)C[C@H]1c1ccc(-n2cc(-c3ccccc3)nn2)cc1. The number of hydrogen-bond acceptors (Lipinski definition) is 3. The predicted octanol–water partition coefficient (Wildman–Crippen LogP) is 4.78. The molecule has 5 heteroatoms. The summed E-state index contributed by atoms with van der Waals surface area (Å²) >= 11 is 0. The summed E-state index contributed by atoms with van der Waals surface area (Å²) in [5.74, 6) is 0.414. The van der Waals surface area contributed by atoms with Crippen LogP contribution in [0.25, 0.3) is 16.9 Å². The Hall–Kier alpha value is -2.95. The third-order valence-electron chi connectivity index (χ3n) is 5.62. The van der Waals surface area contributed by atoms with Crippen molar-refractivity contribution < 1.29 is 0 Å². The lowest BCUT2D eigenvalue weighted by Gasteiger charge is -2.12. The summed E-state index contributed by atoms with van der Waals surface area (Å²) in [4.78, 5) is 0. The highest BCUT2D eigenvalue weighted by Crippen LogP contribution is 2.51. The molecule has 0 bridgehead atoms. The fraction of sp³-hybridized carbons (Fsp3) is 0.167. The number of benzene rings is 3. The highest BCUT2D eigenvalue weighted by Gasteiger charge is 2.51. The molecule has 29 heavy (non-hydrogen) atoms. The van der Waals surface area contributed by atoms with E-state index in [9.17, 15) is 0 Å². The van der Waals surface area contributed by atoms with Gasteiger partial charge in [-0.25, -0.2) is 4.68 Å². The zero-order valence-electron chi connectivity index (χ0n) is 16.0. The van der Waals surface area contributed by atoms with E-state index in [0.717, 1.165) is 29.8 Å². The van der Waals surface area contributed by atoms with E-state index >= 15 is 0 Å². The molecule has 0 aliphatic heterocycles. The van der Waals surface area contributed by atoms with Crippen molar-refractivity contribution in [3.05, 3.63) is 102 Å². The van der Waals surface area contributed by atoms with Crippen molar-refractivity contribution in [1.29, 1.82) is 0 Å². The topological polar surface area (TPSA) is 56.7 Å². The summed E-state index contributed by atoms with van der Waals surface area (Å²) in [6.45, 7) is 0. The molecular formula is C24H23ClN4. The molecule has 4 nitrogen and oxygen atoms in total. The predicted molar refractivity (Wildman–Crippen MR) is 118 cm³/mol. The Kier molecular flexibility index (Phi) is 5.22. The zero-order chi connectivity index (χ0) is 19.0. The van der Waals surface area contributed by atoms with Crippen LogP contribution < -0.4 is 5.73 Å². The van der Waals surface area contributed by atoms with Crippen LogP contribution in [0.5, 0.6) is 0 Å². The van der Waals surface area contributed by atoms with E-state index in [-0.39, 0.29) is 17.9 Å². The molecule has 0 unspecified atom stereocenters. The smallest absolute Gasteiger partial charge is 0.113 e.